The summed E-state index contributed by atoms with van der Waals surface area (Å²) < 4.78 is 0. The summed E-state index contributed by atoms with van der Waals surface area (Å²) >= 11 is 1.76. The molecule has 2 aliphatic heterocycles. The van der Waals surface area contributed by atoms with Crippen LogP contribution >= 0.6 is 11.3 Å². The van der Waals surface area contributed by atoms with E-state index in [1.165, 1.54) is 10.4 Å². The van der Waals surface area contributed by atoms with Crippen molar-refractivity contribution in [1.82, 2.24) is 15.1 Å². The van der Waals surface area contributed by atoms with Gasteiger partial charge in [-0.3, -0.25) is 0 Å². The van der Waals surface area contributed by atoms with Crippen LogP contribution in [-0.4, -0.2) is 48.6 Å². The van der Waals surface area contributed by atoms with Crippen molar-refractivity contribution in [1.29, 1.82) is 0 Å². The summed E-state index contributed by atoms with van der Waals surface area (Å²) in [6.45, 7) is 4.84. The average molecular weight is 251 g/mol. The molecule has 3 heterocycles. The maximum atomic E-state index is 12.2. The second-order valence-corrected chi connectivity index (χ2v) is 5.79. The van der Waals surface area contributed by atoms with E-state index >= 15 is 0 Å². The van der Waals surface area contributed by atoms with E-state index in [1.54, 1.807) is 11.3 Å². The third kappa shape index (κ3) is 1.65. The summed E-state index contributed by atoms with van der Waals surface area (Å²) in [5.74, 6) is 0. The highest BCUT2D eigenvalue weighted by Gasteiger charge is 2.41. The van der Waals surface area contributed by atoms with Crippen molar-refractivity contribution in [3.8, 4) is 0 Å². The average Bonchev–Trinajstić information content (AvgIpc) is 2.75. The van der Waals surface area contributed by atoms with Gasteiger partial charge in [0.25, 0.3) is 0 Å². The van der Waals surface area contributed by atoms with Gasteiger partial charge in [0.1, 0.15) is 0 Å². The van der Waals surface area contributed by atoms with Crippen LogP contribution in [0.5, 0.6) is 0 Å². The molecule has 1 N–H and O–H groups in total. The van der Waals surface area contributed by atoms with Crippen molar-refractivity contribution in [2.75, 3.05) is 26.7 Å². The lowest BCUT2D eigenvalue weighted by atomic mass is 10.1. The third-order valence-corrected chi connectivity index (χ3v) is 4.91. The molecule has 0 spiro atoms. The van der Waals surface area contributed by atoms with E-state index in [1.807, 2.05) is 16.8 Å². The predicted molar refractivity (Wildman–Crippen MR) is 68.3 cm³/mol. The van der Waals surface area contributed by atoms with E-state index in [-0.39, 0.29) is 12.1 Å². The first kappa shape index (κ1) is 11.0. The SMILES string of the molecule is Cc1ccsc1C1CN(C2CNC2)C(=O)N1C. The molecular weight excluding hydrogens is 234 g/mol. The Kier molecular flexibility index (Phi) is 2.60. The fourth-order valence-electron chi connectivity index (χ4n) is 2.51. The number of hydrogen-bond donors (Lipinski definition) is 1. The first-order chi connectivity index (χ1) is 8.18. The number of hydrogen-bond acceptors (Lipinski definition) is 3. The quantitative estimate of drug-likeness (QED) is 0.863. The van der Waals surface area contributed by atoms with Gasteiger partial charge in [0.05, 0.1) is 12.1 Å². The van der Waals surface area contributed by atoms with E-state index in [0.717, 1.165) is 19.6 Å². The van der Waals surface area contributed by atoms with Gasteiger partial charge < -0.3 is 15.1 Å². The molecule has 2 saturated heterocycles. The van der Waals surface area contributed by atoms with Gasteiger partial charge in [-0.2, -0.15) is 0 Å². The standard InChI is InChI=1S/C12H17N3OS/c1-8-3-4-17-11(8)10-7-15(9-5-13-6-9)12(16)14(10)2/h3-4,9-10,13H,5-7H2,1-2H3. The van der Waals surface area contributed by atoms with Crippen molar-refractivity contribution in [2.45, 2.75) is 19.0 Å². The van der Waals surface area contributed by atoms with E-state index in [2.05, 4.69) is 23.7 Å². The first-order valence-corrected chi connectivity index (χ1v) is 6.84. The summed E-state index contributed by atoms with van der Waals surface area (Å²) in [6, 6.07) is 2.94. The number of carbonyl (C=O) groups excluding carboxylic acids is 1. The molecule has 0 bridgehead atoms. The summed E-state index contributed by atoms with van der Waals surface area (Å²) in [4.78, 5) is 17.4. The van der Waals surface area contributed by atoms with Gasteiger partial charge in [0.15, 0.2) is 0 Å². The number of amides is 2. The topological polar surface area (TPSA) is 35.6 Å². The number of rotatable bonds is 2. The monoisotopic (exact) mass is 251 g/mol. The third-order valence-electron chi connectivity index (χ3n) is 3.79. The molecule has 4 nitrogen and oxygen atoms in total. The number of urea groups is 1. The molecule has 1 aromatic rings. The number of carbonyl (C=O) groups is 1. The minimum Gasteiger partial charge on any atom is -0.318 e. The molecule has 2 aliphatic rings. The fraction of sp³-hybridized carbons (Fsp3) is 0.583. The minimum atomic E-state index is 0.175. The van der Waals surface area contributed by atoms with Crippen LogP contribution < -0.4 is 5.32 Å². The van der Waals surface area contributed by atoms with Crippen molar-refractivity contribution < 1.29 is 4.79 Å². The number of aryl methyl sites for hydroxylation is 1. The molecule has 1 aromatic heterocycles. The van der Waals surface area contributed by atoms with E-state index in [9.17, 15) is 4.79 Å². The fourth-order valence-corrected chi connectivity index (χ4v) is 3.57. The molecule has 0 saturated carbocycles. The zero-order valence-corrected chi connectivity index (χ0v) is 11.0. The van der Waals surface area contributed by atoms with Crippen molar-refractivity contribution in [3.63, 3.8) is 0 Å². The Balaban J connectivity index is 1.83. The van der Waals surface area contributed by atoms with Crippen molar-refractivity contribution in [3.05, 3.63) is 21.9 Å². The Bertz CT molecular complexity index is 441. The largest absolute Gasteiger partial charge is 0.320 e. The normalized spacial score (nSPS) is 25.5. The van der Waals surface area contributed by atoms with Crippen LogP contribution in [0, 0.1) is 6.92 Å². The molecule has 1 atom stereocenters. The summed E-state index contributed by atoms with van der Waals surface area (Å²) in [5.41, 5.74) is 1.30. The Morgan fingerprint density at radius 1 is 1.47 bits per heavy atom. The van der Waals surface area contributed by atoms with Crippen LogP contribution in [0.25, 0.3) is 0 Å². The Hall–Kier alpha value is -1.07. The molecule has 92 valence electrons. The minimum absolute atomic E-state index is 0.175. The van der Waals surface area contributed by atoms with Crippen molar-refractivity contribution in [2.24, 2.45) is 0 Å². The van der Waals surface area contributed by atoms with E-state index in [0.29, 0.717) is 6.04 Å². The molecule has 0 radical (unpaired) electrons. The second kappa shape index (κ2) is 3.99. The molecule has 17 heavy (non-hydrogen) atoms. The van der Waals surface area contributed by atoms with Gasteiger partial charge in [0, 0.05) is 31.6 Å². The molecule has 0 aliphatic carbocycles. The first-order valence-electron chi connectivity index (χ1n) is 5.96. The summed E-state index contributed by atoms with van der Waals surface area (Å²) in [5, 5.41) is 5.33. The van der Waals surface area contributed by atoms with Crippen LogP contribution in [0.3, 0.4) is 0 Å². The van der Waals surface area contributed by atoms with Gasteiger partial charge in [-0.05, 0) is 23.9 Å². The highest BCUT2D eigenvalue weighted by molar-refractivity contribution is 7.10. The van der Waals surface area contributed by atoms with Crippen LogP contribution in [0.4, 0.5) is 4.79 Å². The van der Waals surface area contributed by atoms with E-state index in [4.69, 9.17) is 0 Å². The maximum absolute atomic E-state index is 12.2. The Morgan fingerprint density at radius 2 is 2.24 bits per heavy atom. The number of likely N-dealkylation sites (N-methyl/N-ethyl adjacent to an activating group) is 1. The van der Waals surface area contributed by atoms with Crippen molar-refractivity contribution >= 4 is 17.4 Å². The molecular formula is C12H17N3OS. The summed E-state index contributed by atoms with van der Waals surface area (Å²) in [7, 11) is 1.91. The van der Waals surface area contributed by atoms with Crippen LogP contribution in [0.2, 0.25) is 0 Å². The van der Waals surface area contributed by atoms with Gasteiger partial charge in [0.2, 0.25) is 0 Å². The van der Waals surface area contributed by atoms with Gasteiger partial charge >= 0.3 is 6.03 Å². The van der Waals surface area contributed by atoms with Crippen LogP contribution in [0.15, 0.2) is 11.4 Å². The van der Waals surface area contributed by atoms with E-state index < -0.39 is 0 Å². The molecule has 2 amide bonds. The highest BCUT2D eigenvalue weighted by Crippen LogP contribution is 2.34. The second-order valence-electron chi connectivity index (χ2n) is 4.84. The Labute approximate surface area is 105 Å². The lowest BCUT2D eigenvalue weighted by Crippen LogP contribution is -2.57. The highest BCUT2D eigenvalue weighted by atomic mass is 32.1. The molecule has 3 rings (SSSR count). The summed E-state index contributed by atoms with van der Waals surface area (Å²) in [6.07, 6.45) is 0. The number of thiophene rings is 1. The molecule has 1 unspecified atom stereocenters. The molecule has 2 fully saturated rings. The van der Waals surface area contributed by atoms with Crippen LogP contribution in [-0.2, 0) is 0 Å². The zero-order chi connectivity index (χ0) is 12.0. The van der Waals surface area contributed by atoms with Crippen LogP contribution in [0.1, 0.15) is 16.5 Å². The number of nitrogens with one attached hydrogen (secondary N) is 1. The smallest absolute Gasteiger partial charge is 0.318 e. The van der Waals surface area contributed by atoms with Gasteiger partial charge in [-0.15, -0.1) is 11.3 Å². The van der Waals surface area contributed by atoms with Gasteiger partial charge in [-0.1, -0.05) is 0 Å². The lowest BCUT2D eigenvalue weighted by Gasteiger charge is -2.34. The zero-order valence-electron chi connectivity index (χ0n) is 10.1. The lowest BCUT2D eigenvalue weighted by molar-refractivity contribution is 0.162. The molecule has 0 aromatic carbocycles. The predicted octanol–water partition coefficient (Wildman–Crippen LogP) is 1.44. The molecule has 5 heteroatoms. The number of nitrogens with zero attached hydrogens (tertiary/aromatic N) is 2. The Morgan fingerprint density at radius 3 is 2.76 bits per heavy atom. The van der Waals surface area contributed by atoms with Gasteiger partial charge in [-0.25, -0.2) is 4.79 Å². The maximum Gasteiger partial charge on any atom is 0.320 e.